The summed E-state index contributed by atoms with van der Waals surface area (Å²) in [5.74, 6) is 1.50. The van der Waals surface area contributed by atoms with E-state index in [2.05, 4.69) is 20.6 Å². The lowest BCUT2D eigenvalue weighted by Crippen LogP contribution is -2.61. The van der Waals surface area contributed by atoms with Crippen LogP contribution in [0.25, 0.3) is 22.3 Å². The Hall–Kier alpha value is -2.84. The van der Waals surface area contributed by atoms with Gasteiger partial charge in [0, 0.05) is 49.3 Å². The number of nitrogens with one attached hydrogen (secondary N) is 2. The number of pyridine rings is 1. The molecule has 31 heavy (non-hydrogen) atoms. The summed E-state index contributed by atoms with van der Waals surface area (Å²) in [7, 11) is 4.90. The number of halogens is 1. The lowest BCUT2D eigenvalue weighted by Gasteiger charge is -2.54. The van der Waals surface area contributed by atoms with Gasteiger partial charge in [0.05, 0.1) is 24.9 Å². The third kappa shape index (κ3) is 3.13. The molecule has 2 aromatic heterocycles. The van der Waals surface area contributed by atoms with Crippen molar-refractivity contribution in [3.05, 3.63) is 39.6 Å². The number of nitrogens with zero attached hydrogens (tertiary/aromatic N) is 3. The monoisotopic (exact) mass is 441 g/mol. The normalized spacial score (nSPS) is 17.3. The van der Waals surface area contributed by atoms with Crippen LogP contribution in [0, 0.1) is 5.41 Å². The van der Waals surface area contributed by atoms with Crippen molar-refractivity contribution in [2.75, 3.05) is 39.7 Å². The molecule has 1 saturated heterocycles. The minimum atomic E-state index is -0.0549. The molecule has 0 atom stereocenters. The van der Waals surface area contributed by atoms with Gasteiger partial charge in [-0.3, -0.25) is 9.36 Å². The summed E-state index contributed by atoms with van der Waals surface area (Å²) in [6, 6.07) is 7.03. The molecule has 0 unspecified atom stereocenters. The zero-order chi connectivity index (χ0) is 21.8. The van der Waals surface area contributed by atoms with Gasteiger partial charge < -0.3 is 20.1 Å². The third-order valence-corrected chi connectivity index (χ3v) is 6.82. The van der Waals surface area contributed by atoms with Gasteiger partial charge in [-0.2, -0.15) is 4.98 Å². The van der Waals surface area contributed by atoms with Gasteiger partial charge in [0.25, 0.3) is 5.56 Å². The molecule has 2 aliphatic rings. The molecule has 1 aliphatic carbocycles. The minimum Gasteiger partial charge on any atom is -0.497 e. The van der Waals surface area contributed by atoms with Crippen molar-refractivity contribution in [2.45, 2.75) is 18.9 Å². The molecule has 1 aromatic carbocycles. The van der Waals surface area contributed by atoms with Crippen LogP contribution in [0.15, 0.2) is 29.1 Å². The zero-order valence-electron chi connectivity index (χ0n) is 17.7. The number of anilines is 1. The number of ether oxygens (including phenoxy) is 2. The van der Waals surface area contributed by atoms with Crippen LogP contribution in [0.5, 0.6) is 11.5 Å². The Morgan fingerprint density at radius 2 is 1.97 bits per heavy atom. The van der Waals surface area contributed by atoms with Crippen molar-refractivity contribution >= 4 is 28.6 Å². The Balaban J connectivity index is 1.74. The van der Waals surface area contributed by atoms with Gasteiger partial charge in [0.2, 0.25) is 5.95 Å². The standard InChI is InChI=1S/C22H24ClN5O3/c1-24-21-26-19(15-6-13(30-2)7-16(31-3)18(15)23)14-4-5-17(29)28(20(14)27-21)12-8-22(9-12)10-25-11-22/h4-7,12,25H,8-11H2,1-3H3,(H,24,26,27). The van der Waals surface area contributed by atoms with E-state index in [4.69, 9.17) is 21.1 Å². The van der Waals surface area contributed by atoms with Crippen molar-refractivity contribution in [3.63, 3.8) is 0 Å². The van der Waals surface area contributed by atoms with E-state index in [1.807, 2.05) is 10.6 Å². The first-order valence-corrected chi connectivity index (χ1v) is 10.6. The average molecular weight is 442 g/mol. The van der Waals surface area contributed by atoms with Crippen molar-refractivity contribution in [1.82, 2.24) is 19.9 Å². The van der Waals surface area contributed by atoms with E-state index in [1.54, 1.807) is 39.5 Å². The number of rotatable bonds is 5. The third-order valence-electron chi connectivity index (χ3n) is 6.43. The lowest BCUT2D eigenvalue weighted by molar-refractivity contribution is 0.00779. The lowest BCUT2D eigenvalue weighted by atomic mass is 9.61. The maximum Gasteiger partial charge on any atom is 0.252 e. The highest BCUT2D eigenvalue weighted by molar-refractivity contribution is 6.35. The van der Waals surface area contributed by atoms with Crippen molar-refractivity contribution in [1.29, 1.82) is 0 Å². The first-order chi connectivity index (χ1) is 15.0. The molecule has 5 rings (SSSR count). The molecule has 8 nitrogen and oxygen atoms in total. The Morgan fingerprint density at radius 3 is 2.58 bits per heavy atom. The van der Waals surface area contributed by atoms with Gasteiger partial charge in [-0.15, -0.1) is 0 Å². The largest absolute Gasteiger partial charge is 0.497 e. The number of aromatic nitrogens is 3. The molecule has 0 radical (unpaired) electrons. The SMILES string of the molecule is CNc1nc(-c2cc(OC)cc(OC)c2Cl)c2ccc(=O)n(C3CC4(CNC4)C3)c2n1. The highest BCUT2D eigenvalue weighted by Gasteiger charge is 2.49. The maximum atomic E-state index is 12.9. The van der Waals surface area contributed by atoms with Crippen molar-refractivity contribution in [2.24, 2.45) is 5.41 Å². The second-order valence-electron chi connectivity index (χ2n) is 8.28. The maximum absolute atomic E-state index is 12.9. The molecule has 1 spiro atoms. The highest BCUT2D eigenvalue weighted by Crippen LogP contribution is 2.51. The van der Waals surface area contributed by atoms with Crippen LogP contribution in [-0.2, 0) is 0 Å². The van der Waals surface area contributed by atoms with Gasteiger partial charge in [0.15, 0.2) is 0 Å². The summed E-state index contributed by atoms with van der Waals surface area (Å²) in [6.45, 7) is 2.04. The molecule has 0 amide bonds. The molecule has 9 heteroatoms. The predicted molar refractivity (Wildman–Crippen MR) is 120 cm³/mol. The molecule has 1 aliphatic heterocycles. The van der Waals surface area contributed by atoms with E-state index in [9.17, 15) is 4.79 Å². The summed E-state index contributed by atoms with van der Waals surface area (Å²) in [5.41, 5.74) is 2.15. The first-order valence-electron chi connectivity index (χ1n) is 10.2. The Bertz CT molecular complexity index is 1230. The number of fused-ring (bicyclic) bond motifs is 1. The van der Waals surface area contributed by atoms with Gasteiger partial charge in [0.1, 0.15) is 17.1 Å². The van der Waals surface area contributed by atoms with Crippen LogP contribution in [0.1, 0.15) is 18.9 Å². The van der Waals surface area contributed by atoms with Gasteiger partial charge in [-0.1, -0.05) is 11.6 Å². The number of methoxy groups -OCH3 is 2. The van der Waals surface area contributed by atoms with E-state index in [-0.39, 0.29) is 11.6 Å². The molecule has 3 aromatic rings. The van der Waals surface area contributed by atoms with E-state index < -0.39 is 0 Å². The van der Waals surface area contributed by atoms with Crippen molar-refractivity contribution < 1.29 is 9.47 Å². The number of hydrogen-bond donors (Lipinski definition) is 2. The van der Waals surface area contributed by atoms with Gasteiger partial charge in [-0.25, -0.2) is 4.98 Å². The second-order valence-corrected chi connectivity index (χ2v) is 8.66. The molecule has 2 fully saturated rings. The van der Waals surface area contributed by atoms with Crippen LogP contribution in [0.2, 0.25) is 5.02 Å². The van der Waals surface area contributed by atoms with E-state index in [0.717, 1.165) is 31.3 Å². The Kier molecular flexibility index (Phi) is 4.79. The molecule has 2 N–H and O–H groups in total. The molecule has 0 bridgehead atoms. The molecule has 162 valence electrons. The van der Waals surface area contributed by atoms with Gasteiger partial charge in [-0.05, 0) is 30.4 Å². The van der Waals surface area contributed by atoms with E-state index in [0.29, 0.717) is 44.8 Å². The fourth-order valence-electron chi connectivity index (χ4n) is 4.70. The Morgan fingerprint density at radius 1 is 1.19 bits per heavy atom. The van der Waals surface area contributed by atoms with Crippen LogP contribution in [0.4, 0.5) is 5.95 Å². The minimum absolute atomic E-state index is 0.0549. The van der Waals surface area contributed by atoms with E-state index in [1.165, 1.54) is 0 Å². The summed E-state index contributed by atoms with van der Waals surface area (Å²) in [5, 5.41) is 7.53. The summed E-state index contributed by atoms with van der Waals surface area (Å²) in [4.78, 5) is 22.3. The smallest absolute Gasteiger partial charge is 0.252 e. The quantitative estimate of drug-likeness (QED) is 0.628. The number of benzene rings is 1. The molecular formula is C22H24ClN5O3. The molecule has 1 saturated carbocycles. The average Bonchev–Trinajstić information content (AvgIpc) is 2.72. The fourth-order valence-corrected chi connectivity index (χ4v) is 4.98. The Labute approximate surface area is 184 Å². The van der Waals surface area contributed by atoms with Crippen molar-refractivity contribution in [3.8, 4) is 22.8 Å². The topological polar surface area (TPSA) is 90.3 Å². The predicted octanol–water partition coefficient (Wildman–Crippen LogP) is 3.10. The summed E-state index contributed by atoms with van der Waals surface area (Å²) in [6.07, 6.45) is 1.95. The molecular weight excluding hydrogens is 418 g/mol. The number of hydrogen-bond acceptors (Lipinski definition) is 7. The van der Waals surface area contributed by atoms with E-state index >= 15 is 0 Å². The van der Waals surface area contributed by atoms with Gasteiger partial charge >= 0.3 is 0 Å². The fraction of sp³-hybridized carbons (Fsp3) is 0.409. The second kappa shape index (κ2) is 7.39. The molecule has 3 heterocycles. The summed E-state index contributed by atoms with van der Waals surface area (Å²) < 4.78 is 12.7. The zero-order valence-corrected chi connectivity index (χ0v) is 18.4. The first kappa shape index (κ1) is 20.1. The van der Waals surface area contributed by atoms with Crippen LogP contribution in [0.3, 0.4) is 0 Å². The highest BCUT2D eigenvalue weighted by atomic mass is 35.5. The van der Waals surface area contributed by atoms with Crippen LogP contribution in [-0.4, -0.2) is 48.9 Å². The van der Waals surface area contributed by atoms with Crippen LogP contribution >= 0.6 is 11.6 Å². The summed E-state index contributed by atoms with van der Waals surface area (Å²) >= 11 is 6.67. The van der Waals surface area contributed by atoms with Crippen LogP contribution < -0.4 is 25.7 Å².